The monoisotopic (exact) mass is 361 g/mol. The van der Waals surface area contributed by atoms with E-state index in [0.29, 0.717) is 17.4 Å². The number of pyridine rings is 1. The standard InChI is InChI=1S/C15H16BrN5O/c16-10-6-12(22-9-10)15-18-14-8-11(7-13(17)21(14)19-15)20-4-2-1-3-5-20/h6-9H,1-5,17H2. The number of aromatic nitrogens is 3. The van der Waals surface area contributed by atoms with Crippen LogP contribution in [0.2, 0.25) is 0 Å². The maximum atomic E-state index is 6.15. The molecule has 0 aliphatic carbocycles. The predicted molar refractivity (Wildman–Crippen MR) is 88.9 cm³/mol. The van der Waals surface area contributed by atoms with Gasteiger partial charge in [0.15, 0.2) is 11.4 Å². The molecule has 1 aliphatic rings. The van der Waals surface area contributed by atoms with E-state index in [2.05, 4.69) is 30.9 Å². The third-order valence-corrected chi connectivity index (χ3v) is 4.37. The largest absolute Gasteiger partial charge is 0.460 e. The Morgan fingerprint density at radius 3 is 2.68 bits per heavy atom. The molecule has 0 spiro atoms. The van der Waals surface area contributed by atoms with Crippen LogP contribution in [0.15, 0.2) is 33.4 Å². The van der Waals surface area contributed by atoms with Crippen molar-refractivity contribution in [3.63, 3.8) is 0 Å². The fraction of sp³-hybridized carbons (Fsp3) is 0.333. The number of piperidine rings is 1. The molecule has 0 bridgehead atoms. The molecule has 7 heteroatoms. The zero-order valence-electron chi connectivity index (χ0n) is 12.0. The van der Waals surface area contributed by atoms with E-state index in [1.165, 1.54) is 19.3 Å². The first-order valence-corrected chi connectivity index (χ1v) is 8.16. The van der Waals surface area contributed by atoms with Crippen molar-refractivity contribution in [3.05, 3.63) is 28.9 Å². The molecule has 2 N–H and O–H groups in total. The SMILES string of the molecule is Nc1cc(N2CCCCC2)cc2nc(-c3cc(Br)co3)nn12. The van der Waals surface area contributed by atoms with Gasteiger partial charge in [0.05, 0.1) is 4.47 Å². The van der Waals surface area contributed by atoms with Crippen molar-refractivity contribution in [1.82, 2.24) is 14.6 Å². The van der Waals surface area contributed by atoms with E-state index in [1.54, 1.807) is 10.8 Å². The van der Waals surface area contributed by atoms with Gasteiger partial charge in [0.2, 0.25) is 5.82 Å². The number of rotatable bonds is 2. The summed E-state index contributed by atoms with van der Waals surface area (Å²) in [5, 5.41) is 4.43. The van der Waals surface area contributed by atoms with Crippen molar-refractivity contribution >= 4 is 33.1 Å². The summed E-state index contributed by atoms with van der Waals surface area (Å²) in [6.45, 7) is 2.14. The number of nitrogens with zero attached hydrogens (tertiary/aromatic N) is 4. The molecule has 0 saturated carbocycles. The molecule has 0 radical (unpaired) electrons. The van der Waals surface area contributed by atoms with Crippen LogP contribution in [-0.4, -0.2) is 27.7 Å². The van der Waals surface area contributed by atoms with Gasteiger partial charge in [0.1, 0.15) is 12.1 Å². The van der Waals surface area contributed by atoms with E-state index in [-0.39, 0.29) is 0 Å². The van der Waals surface area contributed by atoms with Crippen LogP contribution in [0.3, 0.4) is 0 Å². The number of fused-ring (bicyclic) bond motifs is 1. The maximum Gasteiger partial charge on any atom is 0.218 e. The molecule has 1 aliphatic heterocycles. The van der Waals surface area contributed by atoms with Crippen molar-refractivity contribution in [2.24, 2.45) is 0 Å². The zero-order valence-corrected chi connectivity index (χ0v) is 13.6. The second-order valence-corrected chi connectivity index (χ2v) is 6.44. The molecule has 0 atom stereocenters. The average Bonchev–Trinajstić information content (AvgIpc) is 3.14. The molecule has 4 rings (SSSR count). The Bertz CT molecular complexity index is 819. The van der Waals surface area contributed by atoms with Crippen LogP contribution in [-0.2, 0) is 0 Å². The molecule has 3 aromatic heterocycles. The minimum absolute atomic E-state index is 0.535. The number of nitrogens with two attached hydrogens (primary N) is 1. The molecule has 6 nitrogen and oxygen atoms in total. The molecule has 4 heterocycles. The molecule has 3 aromatic rings. The third kappa shape index (κ3) is 2.35. The highest BCUT2D eigenvalue weighted by molar-refractivity contribution is 9.10. The van der Waals surface area contributed by atoms with Crippen LogP contribution in [0.5, 0.6) is 0 Å². The van der Waals surface area contributed by atoms with Crippen LogP contribution in [0.25, 0.3) is 17.2 Å². The van der Waals surface area contributed by atoms with E-state index >= 15 is 0 Å². The lowest BCUT2D eigenvalue weighted by Crippen LogP contribution is -2.29. The Kier molecular flexibility index (Phi) is 3.29. The molecule has 0 aromatic carbocycles. The first-order valence-electron chi connectivity index (χ1n) is 7.36. The van der Waals surface area contributed by atoms with Gasteiger partial charge in [-0.25, -0.2) is 4.98 Å². The summed E-state index contributed by atoms with van der Waals surface area (Å²) in [5.41, 5.74) is 8.01. The van der Waals surface area contributed by atoms with Crippen molar-refractivity contribution in [3.8, 4) is 11.6 Å². The van der Waals surface area contributed by atoms with E-state index in [0.717, 1.165) is 28.9 Å². The summed E-state index contributed by atoms with van der Waals surface area (Å²) in [7, 11) is 0. The molecule has 1 saturated heterocycles. The summed E-state index contributed by atoms with van der Waals surface area (Å²) >= 11 is 3.36. The topological polar surface area (TPSA) is 72.6 Å². The predicted octanol–water partition coefficient (Wildman–Crippen LogP) is 3.32. The summed E-state index contributed by atoms with van der Waals surface area (Å²) < 4.78 is 7.95. The van der Waals surface area contributed by atoms with Gasteiger partial charge in [-0.1, -0.05) is 0 Å². The van der Waals surface area contributed by atoms with Gasteiger partial charge in [-0.3, -0.25) is 0 Å². The zero-order chi connectivity index (χ0) is 15.1. The Morgan fingerprint density at radius 2 is 1.95 bits per heavy atom. The van der Waals surface area contributed by atoms with Gasteiger partial charge in [0.25, 0.3) is 0 Å². The van der Waals surface area contributed by atoms with Crippen LogP contribution in [0.1, 0.15) is 19.3 Å². The van der Waals surface area contributed by atoms with Gasteiger partial charge in [-0.15, -0.1) is 5.10 Å². The third-order valence-electron chi connectivity index (χ3n) is 3.96. The Morgan fingerprint density at radius 1 is 1.14 bits per heavy atom. The molecule has 0 unspecified atom stereocenters. The molecular weight excluding hydrogens is 346 g/mol. The molecule has 0 amide bonds. The first-order chi connectivity index (χ1) is 10.7. The maximum absolute atomic E-state index is 6.15. The van der Waals surface area contributed by atoms with Crippen LogP contribution < -0.4 is 10.6 Å². The number of furan rings is 1. The number of hydrogen-bond acceptors (Lipinski definition) is 5. The quantitative estimate of drug-likeness (QED) is 0.757. The smallest absolute Gasteiger partial charge is 0.218 e. The number of hydrogen-bond donors (Lipinski definition) is 1. The lowest BCUT2D eigenvalue weighted by molar-refractivity contribution is 0.576. The fourth-order valence-electron chi connectivity index (χ4n) is 2.86. The Hall–Kier alpha value is -2.02. The summed E-state index contributed by atoms with van der Waals surface area (Å²) in [6.07, 6.45) is 5.37. The second-order valence-electron chi connectivity index (χ2n) is 5.52. The minimum Gasteiger partial charge on any atom is -0.460 e. The van der Waals surface area contributed by atoms with Gasteiger partial charge in [0, 0.05) is 37.0 Å². The highest BCUT2D eigenvalue weighted by atomic mass is 79.9. The molecule has 1 fully saturated rings. The molecule has 22 heavy (non-hydrogen) atoms. The van der Waals surface area contributed by atoms with Gasteiger partial charge in [-0.2, -0.15) is 4.52 Å². The van der Waals surface area contributed by atoms with Crippen molar-refractivity contribution < 1.29 is 4.42 Å². The van der Waals surface area contributed by atoms with Gasteiger partial charge in [-0.05, 0) is 35.2 Å². The molecular formula is C15H16BrN5O. The van der Waals surface area contributed by atoms with E-state index in [4.69, 9.17) is 10.2 Å². The second kappa shape index (κ2) is 5.31. The fourth-order valence-corrected chi connectivity index (χ4v) is 3.16. The minimum atomic E-state index is 0.535. The van der Waals surface area contributed by atoms with Crippen LogP contribution in [0.4, 0.5) is 11.5 Å². The first kappa shape index (κ1) is 13.6. The van der Waals surface area contributed by atoms with E-state index < -0.39 is 0 Å². The lowest BCUT2D eigenvalue weighted by atomic mass is 10.1. The Balaban J connectivity index is 1.77. The van der Waals surface area contributed by atoms with Crippen LogP contribution in [0, 0.1) is 0 Å². The summed E-state index contributed by atoms with van der Waals surface area (Å²) in [6, 6.07) is 5.85. The van der Waals surface area contributed by atoms with Gasteiger partial charge < -0.3 is 15.1 Å². The normalized spacial score (nSPS) is 15.6. The highest BCUT2D eigenvalue weighted by Crippen LogP contribution is 2.27. The summed E-state index contributed by atoms with van der Waals surface area (Å²) in [5.74, 6) is 1.74. The number of anilines is 2. The average molecular weight is 362 g/mol. The summed E-state index contributed by atoms with van der Waals surface area (Å²) in [4.78, 5) is 6.90. The highest BCUT2D eigenvalue weighted by Gasteiger charge is 2.16. The van der Waals surface area contributed by atoms with Crippen molar-refractivity contribution in [2.45, 2.75) is 19.3 Å². The number of nitrogen functional groups attached to an aromatic ring is 1. The lowest BCUT2D eigenvalue weighted by Gasteiger charge is -2.28. The van der Waals surface area contributed by atoms with Crippen molar-refractivity contribution in [1.29, 1.82) is 0 Å². The number of halogens is 1. The Labute approximate surface area is 136 Å². The van der Waals surface area contributed by atoms with Gasteiger partial charge >= 0.3 is 0 Å². The molecule has 114 valence electrons. The van der Waals surface area contributed by atoms with Crippen LogP contribution >= 0.6 is 15.9 Å². The van der Waals surface area contributed by atoms with Crippen molar-refractivity contribution in [2.75, 3.05) is 23.7 Å². The van der Waals surface area contributed by atoms with E-state index in [9.17, 15) is 0 Å². The van der Waals surface area contributed by atoms with E-state index in [1.807, 2.05) is 18.2 Å².